The lowest BCUT2D eigenvalue weighted by Crippen LogP contribution is -2.15. The van der Waals surface area contributed by atoms with E-state index in [0.717, 1.165) is 5.69 Å². The third kappa shape index (κ3) is 4.49. The number of ether oxygens (including phenoxy) is 1. The summed E-state index contributed by atoms with van der Waals surface area (Å²) in [5.41, 5.74) is 2.27. The van der Waals surface area contributed by atoms with Crippen molar-refractivity contribution in [2.75, 3.05) is 11.9 Å². The van der Waals surface area contributed by atoms with Crippen molar-refractivity contribution in [1.29, 1.82) is 0 Å². The van der Waals surface area contributed by atoms with Crippen LogP contribution in [-0.2, 0) is 4.74 Å². The number of hydrogen-bond acceptors (Lipinski definition) is 4. The van der Waals surface area contributed by atoms with Gasteiger partial charge in [0.15, 0.2) is 12.4 Å². The first kappa shape index (κ1) is 17.7. The number of para-hydroxylation sites is 2. The predicted octanol–water partition coefficient (Wildman–Crippen LogP) is 5.12. The second kappa shape index (κ2) is 8.32. The smallest absolute Gasteiger partial charge is 0.340 e. The molecule has 0 radical (unpaired) electrons. The minimum absolute atomic E-state index is 0.288. The molecule has 130 valence electrons. The van der Waals surface area contributed by atoms with Crippen LogP contribution in [0.5, 0.6) is 0 Å². The molecule has 0 amide bonds. The second-order valence-corrected chi connectivity index (χ2v) is 5.98. The highest BCUT2D eigenvalue weighted by atomic mass is 35.5. The molecule has 0 aliphatic heterocycles. The molecule has 0 atom stereocenters. The summed E-state index contributed by atoms with van der Waals surface area (Å²) in [5.74, 6) is -0.852. The van der Waals surface area contributed by atoms with Gasteiger partial charge in [-0.3, -0.25) is 4.79 Å². The number of carbonyl (C=O) groups is 2. The average molecular weight is 366 g/mol. The fourth-order valence-corrected chi connectivity index (χ4v) is 2.50. The number of ketones is 1. The van der Waals surface area contributed by atoms with E-state index in [1.807, 2.05) is 36.4 Å². The molecular formula is C21H16ClNO3. The Labute approximate surface area is 156 Å². The zero-order chi connectivity index (χ0) is 18.4. The van der Waals surface area contributed by atoms with Crippen molar-refractivity contribution in [2.24, 2.45) is 0 Å². The summed E-state index contributed by atoms with van der Waals surface area (Å²) in [7, 11) is 0. The number of anilines is 2. The standard InChI is InChI=1S/C21H16ClNO3/c22-16-12-10-15(11-13-16)20(24)14-26-21(25)18-8-4-5-9-19(18)23-17-6-2-1-3-7-17/h1-13,23H,14H2. The van der Waals surface area contributed by atoms with E-state index in [2.05, 4.69) is 5.32 Å². The van der Waals surface area contributed by atoms with E-state index in [9.17, 15) is 9.59 Å². The highest BCUT2D eigenvalue weighted by Crippen LogP contribution is 2.21. The van der Waals surface area contributed by atoms with Crippen LogP contribution in [0.15, 0.2) is 78.9 Å². The molecule has 5 heteroatoms. The summed E-state index contributed by atoms with van der Waals surface area (Å²) in [4.78, 5) is 24.5. The highest BCUT2D eigenvalue weighted by Gasteiger charge is 2.15. The number of esters is 1. The van der Waals surface area contributed by atoms with Gasteiger partial charge in [0.25, 0.3) is 0 Å². The monoisotopic (exact) mass is 365 g/mol. The third-order valence-electron chi connectivity index (χ3n) is 3.70. The van der Waals surface area contributed by atoms with Crippen LogP contribution in [0, 0.1) is 0 Å². The Kier molecular flexibility index (Phi) is 5.66. The molecule has 0 saturated carbocycles. The van der Waals surface area contributed by atoms with Gasteiger partial charge in [0, 0.05) is 16.3 Å². The summed E-state index contributed by atoms with van der Waals surface area (Å²) >= 11 is 5.80. The van der Waals surface area contributed by atoms with E-state index in [0.29, 0.717) is 21.8 Å². The molecule has 0 aliphatic rings. The molecular weight excluding hydrogens is 350 g/mol. The molecule has 0 spiro atoms. The van der Waals surface area contributed by atoms with Crippen LogP contribution in [0.3, 0.4) is 0 Å². The molecule has 3 rings (SSSR count). The molecule has 0 unspecified atom stereocenters. The molecule has 1 N–H and O–H groups in total. The lowest BCUT2D eigenvalue weighted by Gasteiger charge is -2.11. The van der Waals surface area contributed by atoms with Gasteiger partial charge in [-0.15, -0.1) is 0 Å². The first-order valence-corrected chi connectivity index (χ1v) is 8.38. The molecule has 0 aromatic heterocycles. The van der Waals surface area contributed by atoms with Gasteiger partial charge in [0.1, 0.15) is 0 Å². The van der Waals surface area contributed by atoms with Crippen molar-refractivity contribution in [1.82, 2.24) is 0 Å². The van der Waals surface area contributed by atoms with Gasteiger partial charge in [0.2, 0.25) is 0 Å². The molecule has 3 aromatic rings. The van der Waals surface area contributed by atoms with Gasteiger partial charge in [0.05, 0.1) is 11.3 Å². The van der Waals surface area contributed by atoms with Crippen molar-refractivity contribution >= 4 is 34.7 Å². The molecule has 0 heterocycles. The zero-order valence-corrected chi connectivity index (χ0v) is 14.6. The predicted molar refractivity (Wildman–Crippen MR) is 102 cm³/mol. The number of halogens is 1. The molecule has 3 aromatic carbocycles. The van der Waals surface area contributed by atoms with Gasteiger partial charge in [-0.1, -0.05) is 41.9 Å². The Morgan fingerprint density at radius 1 is 0.846 bits per heavy atom. The topological polar surface area (TPSA) is 55.4 Å². The van der Waals surface area contributed by atoms with E-state index < -0.39 is 5.97 Å². The van der Waals surface area contributed by atoms with E-state index in [1.54, 1.807) is 42.5 Å². The molecule has 0 bridgehead atoms. The van der Waals surface area contributed by atoms with Crippen LogP contribution in [0.25, 0.3) is 0 Å². The fraction of sp³-hybridized carbons (Fsp3) is 0.0476. The first-order chi connectivity index (χ1) is 12.6. The van der Waals surface area contributed by atoms with Gasteiger partial charge < -0.3 is 10.1 Å². The molecule has 26 heavy (non-hydrogen) atoms. The number of hydrogen-bond donors (Lipinski definition) is 1. The van der Waals surface area contributed by atoms with Crippen molar-refractivity contribution in [3.8, 4) is 0 Å². The lowest BCUT2D eigenvalue weighted by molar-refractivity contribution is 0.0476. The number of nitrogens with one attached hydrogen (secondary N) is 1. The molecule has 0 aliphatic carbocycles. The SMILES string of the molecule is O=C(COC(=O)c1ccccc1Nc1ccccc1)c1ccc(Cl)cc1. The Morgan fingerprint density at radius 2 is 1.50 bits per heavy atom. The molecule has 0 fully saturated rings. The Balaban J connectivity index is 1.68. The van der Waals surface area contributed by atoms with Crippen molar-refractivity contribution in [2.45, 2.75) is 0 Å². The van der Waals surface area contributed by atoms with Crippen LogP contribution < -0.4 is 5.32 Å². The normalized spacial score (nSPS) is 10.2. The third-order valence-corrected chi connectivity index (χ3v) is 3.95. The van der Waals surface area contributed by atoms with E-state index in [-0.39, 0.29) is 12.4 Å². The van der Waals surface area contributed by atoms with Crippen molar-refractivity contribution in [3.05, 3.63) is 95.0 Å². The molecule has 0 saturated heterocycles. The van der Waals surface area contributed by atoms with Crippen LogP contribution in [0.1, 0.15) is 20.7 Å². The Bertz CT molecular complexity index is 908. The lowest BCUT2D eigenvalue weighted by atomic mass is 10.1. The zero-order valence-electron chi connectivity index (χ0n) is 13.8. The highest BCUT2D eigenvalue weighted by molar-refractivity contribution is 6.30. The van der Waals surface area contributed by atoms with Crippen LogP contribution in [0.2, 0.25) is 5.02 Å². The quantitative estimate of drug-likeness (QED) is 0.486. The number of benzene rings is 3. The maximum atomic E-state index is 12.4. The first-order valence-electron chi connectivity index (χ1n) is 8.00. The van der Waals surface area contributed by atoms with Gasteiger partial charge in [-0.2, -0.15) is 0 Å². The largest absolute Gasteiger partial charge is 0.454 e. The summed E-state index contributed by atoms with van der Waals surface area (Å²) < 4.78 is 5.19. The van der Waals surface area contributed by atoms with E-state index in [4.69, 9.17) is 16.3 Å². The summed E-state index contributed by atoms with van der Waals surface area (Å²) in [6, 6.07) is 22.9. The van der Waals surface area contributed by atoms with Gasteiger partial charge in [-0.25, -0.2) is 4.79 Å². The van der Waals surface area contributed by atoms with Crippen molar-refractivity contribution < 1.29 is 14.3 Å². The maximum Gasteiger partial charge on any atom is 0.340 e. The van der Waals surface area contributed by atoms with Crippen LogP contribution >= 0.6 is 11.6 Å². The van der Waals surface area contributed by atoms with Crippen LogP contribution in [0.4, 0.5) is 11.4 Å². The van der Waals surface area contributed by atoms with Crippen LogP contribution in [-0.4, -0.2) is 18.4 Å². The average Bonchev–Trinajstić information content (AvgIpc) is 2.67. The number of carbonyl (C=O) groups excluding carboxylic acids is 2. The minimum Gasteiger partial charge on any atom is -0.454 e. The summed E-state index contributed by atoms with van der Waals surface area (Å²) in [6.45, 7) is -0.333. The fourth-order valence-electron chi connectivity index (χ4n) is 2.38. The van der Waals surface area contributed by atoms with Gasteiger partial charge >= 0.3 is 5.97 Å². The van der Waals surface area contributed by atoms with Crippen molar-refractivity contribution in [3.63, 3.8) is 0 Å². The molecule has 4 nitrogen and oxygen atoms in total. The number of rotatable bonds is 6. The summed E-state index contributed by atoms with van der Waals surface area (Å²) in [6.07, 6.45) is 0. The number of Topliss-reactive ketones (excluding diaryl/α,β-unsaturated/α-hetero) is 1. The maximum absolute atomic E-state index is 12.4. The second-order valence-electron chi connectivity index (χ2n) is 5.54. The van der Waals surface area contributed by atoms with E-state index >= 15 is 0 Å². The van der Waals surface area contributed by atoms with E-state index in [1.165, 1.54) is 0 Å². The minimum atomic E-state index is -0.564. The summed E-state index contributed by atoms with van der Waals surface area (Å²) in [5, 5.41) is 3.72. The Morgan fingerprint density at radius 3 is 2.23 bits per heavy atom. The van der Waals surface area contributed by atoms with Gasteiger partial charge in [-0.05, 0) is 48.5 Å². The Hall–Kier alpha value is -3.11.